The van der Waals surface area contributed by atoms with Crippen LogP contribution in [0.2, 0.25) is 0 Å². The predicted molar refractivity (Wildman–Crippen MR) is 71.9 cm³/mol. The molecule has 0 saturated heterocycles. The fraction of sp³-hybridized carbons (Fsp3) is 0.182. The van der Waals surface area contributed by atoms with Crippen molar-refractivity contribution < 1.29 is 0 Å². The third-order valence-electron chi connectivity index (χ3n) is 2.70. The summed E-state index contributed by atoms with van der Waals surface area (Å²) in [5, 5.41) is 3.07. The van der Waals surface area contributed by atoms with Crippen molar-refractivity contribution in [1.29, 1.82) is 0 Å². The lowest BCUT2D eigenvalue weighted by Gasteiger charge is -2.07. The molecule has 0 atom stereocenters. The van der Waals surface area contributed by atoms with Crippen LogP contribution < -0.4 is 11.1 Å². The van der Waals surface area contributed by atoms with Gasteiger partial charge < -0.3 is 15.6 Å². The van der Waals surface area contributed by atoms with E-state index in [9.17, 15) is 0 Å². The van der Waals surface area contributed by atoms with Crippen LogP contribution in [0.15, 0.2) is 31.1 Å². The van der Waals surface area contributed by atoms with Crippen LogP contribution in [0, 0.1) is 0 Å². The molecule has 20 heavy (non-hydrogen) atoms. The highest BCUT2D eigenvalue weighted by Gasteiger charge is 2.07. The van der Waals surface area contributed by atoms with Gasteiger partial charge in [0.15, 0.2) is 0 Å². The summed E-state index contributed by atoms with van der Waals surface area (Å²) in [6.07, 6.45) is 8.57. The molecule has 0 fully saturated rings. The summed E-state index contributed by atoms with van der Waals surface area (Å²) in [5.74, 6) is 1.82. The number of aryl methyl sites for hydroxylation is 1. The fourth-order valence-corrected chi connectivity index (χ4v) is 1.68. The summed E-state index contributed by atoms with van der Waals surface area (Å²) in [5.41, 5.74) is 5.69. The van der Waals surface area contributed by atoms with Crippen LogP contribution in [0.5, 0.6) is 0 Å². The zero-order valence-corrected chi connectivity index (χ0v) is 10.8. The first-order valence-electron chi connectivity index (χ1n) is 5.92. The molecule has 0 aromatic carbocycles. The van der Waals surface area contributed by atoms with Gasteiger partial charge in [-0.2, -0.15) is 15.0 Å². The number of nitrogen functional groups attached to an aromatic ring is 1. The van der Waals surface area contributed by atoms with Crippen LogP contribution >= 0.6 is 0 Å². The largest absolute Gasteiger partial charge is 0.368 e. The standard InChI is InChI=1S/C11H13N9/c1-19-4-3-14-8(19)6-15-10-16-9(12)17-11(18-10)20-5-2-13-7-20/h2-5,7H,6H2,1H3,(H3,12,15,16,17,18). The SMILES string of the molecule is Cn1ccnc1CNc1nc(N)nc(-n2ccnc2)n1. The number of hydrogen-bond acceptors (Lipinski definition) is 7. The second-order valence-electron chi connectivity index (χ2n) is 4.10. The van der Waals surface area contributed by atoms with Gasteiger partial charge in [0.25, 0.3) is 0 Å². The molecule has 0 radical (unpaired) electrons. The van der Waals surface area contributed by atoms with E-state index < -0.39 is 0 Å². The van der Waals surface area contributed by atoms with Gasteiger partial charge in [-0.3, -0.25) is 4.57 Å². The van der Waals surface area contributed by atoms with Gasteiger partial charge in [0.1, 0.15) is 12.2 Å². The summed E-state index contributed by atoms with van der Waals surface area (Å²) in [7, 11) is 1.92. The number of aromatic nitrogens is 7. The molecule has 0 saturated carbocycles. The molecule has 3 heterocycles. The Hall–Kier alpha value is -2.97. The molecule has 3 rings (SSSR count). The van der Waals surface area contributed by atoms with Crippen LogP contribution in [0.1, 0.15) is 5.82 Å². The van der Waals surface area contributed by atoms with E-state index in [0.717, 1.165) is 5.82 Å². The quantitative estimate of drug-likeness (QED) is 0.686. The molecule has 0 unspecified atom stereocenters. The number of imidazole rings is 2. The van der Waals surface area contributed by atoms with Crippen molar-refractivity contribution in [2.24, 2.45) is 7.05 Å². The second kappa shape index (κ2) is 4.96. The van der Waals surface area contributed by atoms with Gasteiger partial charge in [-0.1, -0.05) is 0 Å². The Labute approximate surface area is 114 Å². The Bertz CT molecular complexity index is 701. The number of anilines is 2. The maximum absolute atomic E-state index is 5.69. The van der Waals surface area contributed by atoms with E-state index in [-0.39, 0.29) is 5.95 Å². The third kappa shape index (κ3) is 2.41. The topological polar surface area (TPSA) is 112 Å². The van der Waals surface area contributed by atoms with Gasteiger partial charge in [0.05, 0.1) is 6.54 Å². The number of nitrogens with zero attached hydrogens (tertiary/aromatic N) is 7. The molecule has 0 amide bonds. The summed E-state index contributed by atoms with van der Waals surface area (Å²) in [6.45, 7) is 0.496. The maximum Gasteiger partial charge on any atom is 0.241 e. The molecule has 0 spiro atoms. The van der Waals surface area contributed by atoms with E-state index in [1.165, 1.54) is 0 Å². The smallest absolute Gasteiger partial charge is 0.241 e. The minimum atomic E-state index is 0.144. The van der Waals surface area contributed by atoms with E-state index in [1.807, 2.05) is 17.8 Å². The van der Waals surface area contributed by atoms with E-state index in [0.29, 0.717) is 18.4 Å². The Kier molecular flexibility index (Phi) is 2.99. The predicted octanol–water partition coefficient (Wildman–Crippen LogP) is -0.0149. The lowest BCUT2D eigenvalue weighted by molar-refractivity contribution is 0.804. The molecule has 3 N–H and O–H groups in total. The summed E-state index contributed by atoms with van der Waals surface area (Å²) in [6, 6.07) is 0. The second-order valence-corrected chi connectivity index (χ2v) is 4.10. The van der Waals surface area contributed by atoms with Crippen LogP contribution in [0.4, 0.5) is 11.9 Å². The molecule has 3 aromatic rings. The van der Waals surface area contributed by atoms with Crippen LogP contribution in [0.25, 0.3) is 5.95 Å². The van der Waals surface area contributed by atoms with Gasteiger partial charge in [-0.25, -0.2) is 9.97 Å². The van der Waals surface area contributed by atoms with Crippen LogP contribution in [-0.2, 0) is 13.6 Å². The Morgan fingerprint density at radius 2 is 2.10 bits per heavy atom. The van der Waals surface area contributed by atoms with Crippen molar-refractivity contribution in [3.05, 3.63) is 36.9 Å². The molecular weight excluding hydrogens is 258 g/mol. The lowest BCUT2D eigenvalue weighted by atomic mass is 10.6. The van der Waals surface area contributed by atoms with E-state index in [4.69, 9.17) is 5.73 Å². The number of hydrogen-bond donors (Lipinski definition) is 2. The normalized spacial score (nSPS) is 10.7. The molecule has 3 aromatic heterocycles. The molecule has 0 aliphatic rings. The Morgan fingerprint density at radius 1 is 1.20 bits per heavy atom. The monoisotopic (exact) mass is 271 g/mol. The summed E-state index contributed by atoms with van der Waals surface area (Å²) >= 11 is 0. The van der Waals surface area contributed by atoms with Gasteiger partial charge in [-0.15, -0.1) is 0 Å². The minimum Gasteiger partial charge on any atom is -0.368 e. The maximum atomic E-state index is 5.69. The third-order valence-corrected chi connectivity index (χ3v) is 2.70. The molecular formula is C11H13N9. The molecule has 9 heteroatoms. The van der Waals surface area contributed by atoms with Crippen LogP contribution in [0.3, 0.4) is 0 Å². The molecule has 0 bridgehead atoms. The van der Waals surface area contributed by atoms with Gasteiger partial charge >= 0.3 is 0 Å². The lowest BCUT2D eigenvalue weighted by Crippen LogP contribution is -2.12. The van der Waals surface area contributed by atoms with Gasteiger partial charge in [-0.05, 0) is 0 Å². The zero-order valence-electron chi connectivity index (χ0n) is 10.8. The first-order valence-corrected chi connectivity index (χ1v) is 5.92. The van der Waals surface area contributed by atoms with Crippen molar-refractivity contribution in [1.82, 2.24) is 34.1 Å². The van der Waals surface area contributed by atoms with E-state index in [2.05, 4.69) is 30.2 Å². The highest BCUT2D eigenvalue weighted by atomic mass is 15.3. The summed E-state index contributed by atoms with van der Waals surface area (Å²) < 4.78 is 3.57. The van der Waals surface area contributed by atoms with Crippen LogP contribution in [-0.4, -0.2) is 34.1 Å². The fourth-order valence-electron chi connectivity index (χ4n) is 1.68. The number of nitrogens with two attached hydrogens (primary N) is 1. The Balaban J connectivity index is 1.81. The van der Waals surface area contributed by atoms with Gasteiger partial charge in [0, 0.05) is 31.8 Å². The minimum absolute atomic E-state index is 0.144. The van der Waals surface area contributed by atoms with Gasteiger partial charge in [0.2, 0.25) is 17.8 Å². The first kappa shape index (κ1) is 12.1. The molecule has 102 valence electrons. The Morgan fingerprint density at radius 3 is 2.80 bits per heavy atom. The van der Waals surface area contributed by atoms with Crippen molar-refractivity contribution in [2.45, 2.75) is 6.54 Å². The molecule has 9 nitrogen and oxygen atoms in total. The first-order chi connectivity index (χ1) is 9.72. The van der Waals surface area contributed by atoms with Crippen molar-refractivity contribution in [3.63, 3.8) is 0 Å². The number of nitrogens with one attached hydrogen (secondary N) is 1. The zero-order chi connectivity index (χ0) is 13.9. The molecule has 0 aliphatic heterocycles. The summed E-state index contributed by atoms with van der Waals surface area (Å²) in [4.78, 5) is 20.5. The average molecular weight is 271 g/mol. The van der Waals surface area contributed by atoms with Crippen molar-refractivity contribution in [2.75, 3.05) is 11.1 Å². The average Bonchev–Trinajstić information content (AvgIpc) is 3.07. The highest BCUT2D eigenvalue weighted by molar-refractivity contribution is 5.35. The number of rotatable bonds is 4. The molecule has 0 aliphatic carbocycles. The van der Waals surface area contributed by atoms with E-state index in [1.54, 1.807) is 29.5 Å². The highest BCUT2D eigenvalue weighted by Crippen LogP contribution is 2.08. The van der Waals surface area contributed by atoms with Crippen molar-refractivity contribution in [3.8, 4) is 5.95 Å². The van der Waals surface area contributed by atoms with E-state index >= 15 is 0 Å². The van der Waals surface area contributed by atoms with Crippen molar-refractivity contribution >= 4 is 11.9 Å².